The first-order valence-corrected chi connectivity index (χ1v) is 6.19. The van der Waals surface area contributed by atoms with Crippen LogP contribution >= 0.6 is 0 Å². The summed E-state index contributed by atoms with van der Waals surface area (Å²) in [5.74, 6) is -0.375. The summed E-state index contributed by atoms with van der Waals surface area (Å²) < 4.78 is 15.0. The average Bonchev–Trinajstić information content (AvgIpc) is 2.54. The van der Waals surface area contributed by atoms with Gasteiger partial charge in [-0.1, -0.05) is 18.2 Å². The minimum absolute atomic E-state index is 0.258. The number of para-hydroxylation sites is 1. The molecule has 5 heteroatoms. The Bertz CT molecular complexity index is 663. The zero-order valence-electron chi connectivity index (χ0n) is 11.7. The van der Waals surface area contributed by atoms with E-state index in [1.807, 2.05) is 0 Å². The normalized spacial score (nSPS) is 9.81. The Morgan fingerprint density at radius 1 is 0.905 bits per heavy atom. The predicted molar refractivity (Wildman–Crippen MR) is 75.7 cm³/mol. The molecule has 0 aliphatic rings. The van der Waals surface area contributed by atoms with Gasteiger partial charge in [-0.25, -0.2) is 9.59 Å². The van der Waals surface area contributed by atoms with E-state index < -0.39 is 11.9 Å². The van der Waals surface area contributed by atoms with E-state index in [2.05, 4.69) is 4.74 Å². The molecule has 0 aliphatic carbocycles. The van der Waals surface area contributed by atoms with Gasteiger partial charge in [-0.3, -0.25) is 0 Å². The summed E-state index contributed by atoms with van der Waals surface area (Å²) in [6.45, 7) is 0. The summed E-state index contributed by atoms with van der Waals surface area (Å²) in [5, 5.41) is 0. The molecule has 2 aromatic rings. The van der Waals surface area contributed by atoms with Crippen LogP contribution in [0.4, 0.5) is 0 Å². The van der Waals surface area contributed by atoms with Gasteiger partial charge in [0.1, 0.15) is 17.1 Å². The van der Waals surface area contributed by atoms with Crippen molar-refractivity contribution < 1.29 is 23.8 Å². The number of esters is 2. The van der Waals surface area contributed by atoms with Crippen LogP contribution in [0.1, 0.15) is 20.7 Å². The van der Waals surface area contributed by atoms with E-state index in [4.69, 9.17) is 9.47 Å². The first kappa shape index (κ1) is 14.6. The predicted octanol–water partition coefficient (Wildman–Crippen LogP) is 2.70. The molecule has 21 heavy (non-hydrogen) atoms. The second-order valence-electron chi connectivity index (χ2n) is 4.11. The van der Waals surface area contributed by atoms with Gasteiger partial charge in [0.2, 0.25) is 0 Å². The first-order valence-electron chi connectivity index (χ1n) is 6.19. The summed E-state index contributed by atoms with van der Waals surface area (Å²) in [6.07, 6.45) is 0. The molecule has 0 radical (unpaired) electrons. The number of ether oxygens (including phenoxy) is 3. The maximum Gasteiger partial charge on any atom is 0.347 e. The Labute approximate surface area is 122 Å². The molecule has 0 heterocycles. The zero-order valence-corrected chi connectivity index (χ0v) is 11.7. The molecular formula is C16H14O5. The van der Waals surface area contributed by atoms with Crippen LogP contribution in [0.5, 0.6) is 11.5 Å². The van der Waals surface area contributed by atoms with Gasteiger partial charge in [0.15, 0.2) is 0 Å². The Balaban J connectivity index is 2.22. The second-order valence-corrected chi connectivity index (χ2v) is 4.11. The maximum absolute atomic E-state index is 12.1. The molecular weight excluding hydrogens is 272 g/mol. The number of hydrogen-bond acceptors (Lipinski definition) is 5. The molecule has 0 fully saturated rings. The van der Waals surface area contributed by atoms with Crippen molar-refractivity contribution in [3.8, 4) is 11.5 Å². The second kappa shape index (κ2) is 6.56. The number of hydrogen-bond donors (Lipinski definition) is 0. The van der Waals surface area contributed by atoms with E-state index >= 15 is 0 Å². The van der Waals surface area contributed by atoms with Crippen LogP contribution < -0.4 is 9.47 Å². The molecule has 5 nitrogen and oxygen atoms in total. The van der Waals surface area contributed by atoms with E-state index in [-0.39, 0.29) is 5.75 Å². The van der Waals surface area contributed by atoms with Crippen LogP contribution in [0.15, 0.2) is 48.5 Å². The molecule has 0 aromatic heterocycles. The van der Waals surface area contributed by atoms with E-state index in [1.54, 1.807) is 42.5 Å². The third-order valence-corrected chi connectivity index (χ3v) is 2.79. The van der Waals surface area contributed by atoms with Gasteiger partial charge >= 0.3 is 11.9 Å². The lowest BCUT2D eigenvalue weighted by molar-refractivity contribution is 0.0597. The Morgan fingerprint density at radius 2 is 1.67 bits per heavy atom. The highest BCUT2D eigenvalue weighted by molar-refractivity contribution is 5.94. The van der Waals surface area contributed by atoms with E-state index in [0.29, 0.717) is 16.9 Å². The first-order chi connectivity index (χ1) is 10.2. The lowest BCUT2D eigenvalue weighted by Gasteiger charge is -2.08. The molecule has 0 N–H and O–H groups in total. The lowest BCUT2D eigenvalue weighted by Crippen LogP contribution is -2.10. The van der Waals surface area contributed by atoms with Crippen LogP contribution in [0, 0.1) is 0 Å². The highest BCUT2D eigenvalue weighted by Crippen LogP contribution is 2.21. The summed E-state index contributed by atoms with van der Waals surface area (Å²) in [5.41, 5.74) is 0.617. The summed E-state index contributed by atoms with van der Waals surface area (Å²) in [6, 6.07) is 13.0. The molecule has 108 valence electrons. The summed E-state index contributed by atoms with van der Waals surface area (Å²) in [4.78, 5) is 23.6. The SMILES string of the molecule is COC(=O)c1cccc(OC(=O)c2ccccc2OC)c1. The molecule has 0 bridgehead atoms. The topological polar surface area (TPSA) is 61.8 Å². The van der Waals surface area contributed by atoms with Crippen molar-refractivity contribution in [2.24, 2.45) is 0 Å². The van der Waals surface area contributed by atoms with Gasteiger partial charge in [-0.15, -0.1) is 0 Å². The van der Waals surface area contributed by atoms with Crippen molar-refractivity contribution in [2.45, 2.75) is 0 Å². The van der Waals surface area contributed by atoms with Crippen LogP contribution in [0.3, 0.4) is 0 Å². The quantitative estimate of drug-likeness (QED) is 0.639. The third-order valence-electron chi connectivity index (χ3n) is 2.79. The molecule has 0 unspecified atom stereocenters. The van der Waals surface area contributed by atoms with Crippen LogP contribution in [0.2, 0.25) is 0 Å². The fraction of sp³-hybridized carbons (Fsp3) is 0.125. The van der Waals surface area contributed by atoms with Crippen molar-refractivity contribution in [2.75, 3.05) is 14.2 Å². The minimum atomic E-state index is -0.561. The molecule has 0 spiro atoms. The average molecular weight is 286 g/mol. The molecule has 0 atom stereocenters. The Kier molecular flexibility index (Phi) is 4.56. The third kappa shape index (κ3) is 3.39. The summed E-state index contributed by atoms with van der Waals surface area (Å²) >= 11 is 0. The van der Waals surface area contributed by atoms with E-state index in [1.165, 1.54) is 20.3 Å². The molecule has 0 amide bonds. The van der Waals surface area contributed by atoms with Gasteiger partial charge in [0, 0.05) is 0 Å². The molecule has 2 aromatic carbocycles. The van der Waals surface area contributed by atoms with Gasteiger partial charge in [0.25, 0.3) is 0 Å². The van der Waals surface area contributed by atoms with Crippen molar-refractivity contribution in [1.29, 1.82) is 0 Å². The van der Waals surface area contributed by atoms with Crippen molar-refractivity contribution in [3.63, 3.8) is 0 Å². The van der Waals surface area contributed by atoms with Crippen molar-refractivity contribution in [1.82, 2.24) is 0 Å². The van der Waals surface area contributed by atoms with E-state index in [0.717, 1.165) is 0 Å². The van der Waals surface area contributed by atoms with Crippen LogP contribution in [-0.2, 0) is 4.74 Å². The highest BCUT2D eigenvalue weighted by atomic mass is 16.5. The fourth-order valence-electron chi connectivity index (χ4n) is 1.78. The maximum atomic E-state index is 12.1. The van der Waals surface area contributed by atoms with Crippen LogP contribution in [-0.4, -0.2) is 26.2 Å². The summed E-state index contributed by atoms with van der Waals surface area (Å²) in [7, 11) is 2.76. The molecule has 0 saturated heterocycles. The number of rotatable bonds is 4. The smallest absolute Gasteiger partial charge is 0.347 e. The van der Waals surface area contributed by atoms with Gasteiger partial charge < -0.3 is 14.2 Å². The zero-order chi connectivity index (χ0) is 15.2. The monoisotopic (exact) mass is 286 g/mol. The van der Waals surface area contributed by atoms with Crippen molar-refractivity contribution >= 4 is 11.9 Å². The number of methoxy groups -OCH3 is 2. The Hall–Kier alpha value is -2.82. The number of benzene rings is 2. The number of carbonyl (C=O) groups excluding carboxylic acids is 2. The van der Waals surface area contributed by atoms with Gasteiger partial charge in [-0.2, -0.15) is 0 Å². The van der Waals surface area contributed by atoms with Gasteiger partial charge in [0.05, 0.1) is 19.8 Å². The standard InChI is InChI=1S/C16H14O5/c1-19-14-9-4-3-8-13(14)16(18)21-12-7-5-6-11(10-12)15(17)20-2/h3-10H,1-2H3. The fourth-order valence-corrected chi connectivity index (χ4v) is 1.78. The van der Waals surface area contributed by atoms with Gasteiger partial charge in [-0.05, 0) is 30.3 Å². The molecule has 2 rings (SSSR count). The number of carbonyl (C=O) groups is 2. The van der Waals surface area contributed by atoms with Crippen LogP contribution in [0.25, 0.3) is 0 Å². The molecule has 0 aliphatic heterocycles. The molecule has 0 saturated carbocycles. The minimum Gasteiger partial charge on any atom is -0.496 e. The lowest BCUT2D eigenvalue weighted by atomic mass is 10.2. The Morgan fingerprint density at radius 3 is 2.38 bits per heavy atom. The highest BCUT2D eigenvalue weighted by Gasteiger charge is 2.15. The largest absolute Gasteiger partial charge is 0.496 e. The van der Waals surface area contributed by atoms with E-state index in [9.17, 15) is 9.59 Å². The van der Waals surface area contributed by atoms with Crippen molar-refractivity contribution in [3.05, 3.63) is 59.7 Å².